The number of carboxylic acids is 1. The Morgan fingerprint density at radius 2 is 1.60 bits per heavy atom. The largest absolute Gasteiger partial charge is 0.481 e. The summed E-state index contributed by atoms with van der Waals surface area (Å²) in [6.07, 6.45) is 6.44. The molecule has 0 bridgehead atoms. The van der Waals surface area contributed by atoms with E-state index in [1.54, 1.807) is 0 Å². The van der Waals surface area contributed by atoms with Gasteiger partial charge in [-0.3, -0.25) is 14.5 Å². The first-order valence-electron chi connectivity index (χ1n) is 7.90. The predicted molar refractivity (Wildman–Crippen MR) is 74.2 cm³/mol. The van der Waals surface area contributed by atoms with Crippen molar-refractivity contribution in [2.45, 2.75) is 57.0 Å². The van der Waals surface area contributed by atoms with Gasteiger partial charge in [-0.05, 0) is 44.9 Å². The van der Waals surface area contributed by atoms with Crippen LogP contribution in [-0.2, 0) is 9.59 Å². The standard InChI is InChI=1S/C15H24N2O3/c18-14(10-1-3-11(4-2-10)15(19)20)16-12-7-8-17(9-12)13-5-6-13/h10-13H,1-9H2,(H,16,18)(H,19,20). The summed E-state index contributed by atoms with van der Waals surface area (Å²) in [6.45, 7) is 2.11. The lowest BCUT2D eigenvalue weighted by Gasteiger charge is -2.26. The van der Waals surface area contributed by atoms with Crippen LogP contribution in [0.3, 0.4) is 0 Å². The molecule has 2 aliphatic carbocycles. The summed E-state index contributed by atoms with van der Waals surface area (Å²) in [6, 6.07) is 1.09. The summed E-state index contributed by atoms with van der Waals surface area (Å²) >= 11 is 0. The Bertz CT molecular complexity index is 387. The van der Waals surface area contributed by atoms with Gasteiger partial charge in [0, 0.05) is 31.1 Å². The molecule has 1 saturated heterocycles. The lowest BCUT2D eigenvalue weighted by molar-refractivity contribution is -0.144. The molecule has 0 aromatic heterocycles. The molecule has 1 aliphatic heterocycles. The monoisotopic (exact) mass is 280 g/mol. The molecule has 2 N–H and O–H groups in total. The van der Waals surface area contributed by atoms with Crippen LogP contribution in [0.1, 0.15) is 44.9 Å². The number of likely N-dealkylation sites (tertiary alicyclic amines) is 1. The molecule has 3 fully saturated rings. The average molecular weight is 280 g/mol. The minimum Gasteiger partial charge on any atom is -0.481 e. The number of carbonyl (C=O) groups excluding carboxylic acids is 1. The van der Waals surface area contributed by atoms with E-state index < -0.39 is 5.97 Å². The third kappa shape index (κ3) is 3.14. The highest BCUT2D eigenvalue weighted by Crippen LogP contribution is 2.31. The first kappa shape index (κ1) is 13.9. The zero-order chi connectivity index (χ0) is 14.1. The number of carboxylic acid groups (broad SMARTS) is 1. The van der Waals surface area contributed by atoms with Crippen molar-refractivity contribution < 1.29 is 14.7 Å². The van der Waals surface area contributed by atoms with E-state index in [1.165, 1.54) is 12.8 Å². The summed E-state index contributed by atoms with van der Waals surface area (Å²) in [4.78, 5) is 25.6. The van der Waals surface area contributed by atoms with Crippen LogP contribution in [0.15, 0.2) is 0 Å². The van der Waals surface area contributed by atoms with Crippen LogP contribution in [0.4, 0.5) is 0 Å². The highest BCUT2D eigenvalue weighted by atomic mass is 16.4. The maximum Gasteiger partial charge on any atom is 0.306 e. The first-order valence-corrected chi connectivity index (χ1v) is 7.90. The normalized spacial score (nSPS) is 34.9. The molecule has 3 aliphatic rings. The van der Waals surface area contributed by atoms with Crippen molar-refractivity contribution in [1.29, 1.82) is 0 Å². The summed E-state index contributed by atoms with van der Waals surface area (Å²) in [5.41, 5.74) is 0. The van der Waals surface area contributed by atoms with Crippen molar-refractivity contribution in [2.24, 2.45) is 11.8 Å². The molecule has 0 aromatic carbocycles. The molecule has 3 rings (SSSR count). The van der Waals surface area contributed by atoms with Gasteiger partial charge in [-0.1, -0.05) is 0 Å². The summed E-state index contributed by atoms with van der Waals surface area (Å²) in [5.74, 6) is -0.771. The number of hydrogen-bond donors (Lipinski definition) is 2. The van der Waals surface area contributed by atoms with E-state index in [0.29, 0.717) is 18.9 Å². The van der Waals surface area contributed by atoms with Crippen LogP contribution >= 0.6 is 0 Å². The summed E-state index contributed by atoms with van der Waals surface area (Å²) < 4.78 is 0. The van der Waals surface area contributed by atoms with E-state index >= 15 is 0 Å². The number of hydrogen-bond acceptors (Lipinski definition) is 3. The maximum atomic E-state index is 12.2. The third-order valence-electron chi connectivity index (χ3n) is 5.08. The quantitative estimate of drug-likeness (QED) is 0.812. The number of nitrogens with one attached hydrogen (secondary N) is 1. The molecule has 1 atom stereocenters. The van der Waals surface area contributed by atoms with Gasteiger partial charge in [-0.25, -0.2) is 0 Å². The first-order chi connectivity index (χ1) is 9.63. The molecule has 1 heterocycles. The van der Waals surface area contributed by atoms with E-state index in [0.717, 1.165) is 38.4 Å². The second kappa shape index (κ2) is 5.72. The van der Waals surface area contributed by atoms with E-state index in [-0.39, 0.29) is 17.7 Å². The minimum atomic E-state index is -0.709. The number of carbonyl (C=O) groups is 2. The molecule has 20 heavy (non-hydrogen) atoms. The van der Waals surface area contributed by atoms with Crippen LogP contribution in [-0.4, -0.2) is 47.1 Å². The fourth-order valence-electron chi connectivity index (χ4n) is 3.60. The predicted octanol–water partition coefficient (Wildman–Crippen LogP) is 1.23. The van der Waals surface area contributed by atoms with E-state index in [2.05, 4.69) is 10.2 Å². The van der Waals surface area contributed by atoms with Crippen molar-refractivity contribution >= 4 is 11.9 Å². The molecule has 5 heteroatoms. The number of aliphatic carboxylic acids is 1. The van der Waals surface area contributed by atoms with Crippen molar-refractivity contribution in [3.8, 4) is 0 Å². The number of nitrogens with zero attached hydrogens (tertiary/aromatic N) is 1. The van der Waals surface area contributed by atoms with Crippen LogP contribution < -0.4 is 5.32 Å². The second-order valence-electron chi connectivity index (χ2n) is 6.61. The Kier molecular flexibility index (Phi) is 3.96. The van der Waals surface area contributed by atoms with Crippen LogP contribution in [0.25, 0.3) is 0 Å². The minimum absolute atomic E-state index is 0.0283. The van der Waals surface area contributed by atoms with Crippen LogP contribution in [0.2, 0.25) is 0 Å². The molecule has 0 spiro atoms. The Balaban J connectivity index is 1.42. The van der Waals surface area contributed by atoms with Gasteiger partial charge in [0.2, 0.25) is 5.91 Å². The fourth-order valence-corrected chi connectivity index (χ4v) is 3.60. The molecule has 1 amide bonds. The zero-order valence-electron chi connectivity index (χ0n) is 11.9. The zero-order valence-corrected chi connectivity index (χ0v) is 11.9. The van der Waals surface area contributed by atoms with Crippen molar-refractivity contribution in [3.63, 3.8) is 0 Å². The van der Waals surface area contributed by atoms with Crippen molar-refractivity contribution in [1.82, 2.24) is 10.2 Å². The van der Waals surface area contributed by atoms with E-state index in [1.807, 2.05) is 0 Å². The van der Waals surface area contributed by atoms with Crippen LogP contribution in [0.5, 0.6) is 0 Å². The molecule has 1 unspecified atom stereocenters. The van der Waals surface area contributed by atoms with E-state index in [4.69, 9.17) is 5.11 Å². The van der Waals surface area contributed by atoms with E-state index in [9.17, 15) is 9.59 Å². The van der Waals surface area contributed by atoms with Gasteiger partial charge in [0.1, 0.15) is 0 Å². The number of rotatable bonds is 4. The van der Waals surface area contributed by atoms with Crippen LogP contribution in [0, 0.1) is 11.8 Å². The second-order valence-corrected chi connectivity index (χ2v) is 6.61. The van der Waals surface area contributed by atoms with Gasteiger partial charge in [-0.15, -0.1) is 0 Å². The van der Waals surface area contributed by atoms with Gasteiger partial charge in [0.25, 0.3) is 0 Å². The fraction of sp³-hybridized carbons (Fsp3) is 0.867. The topological polar surface area (TPSA) is 69.6 Å². The lowest BCUT2D eigenvalue weighted by atomic mass is 9.81. The molecule has 5 nitrogen and oxygen atoms in total. The van der Waals surface area contributed by atoms with Gasteiger partial charge in [-0.2, -0.15) is 0 Å². The SMILES string of the molecule is O=C(O)C1CCC(C(=O)NC2CCN(C3CC3)C2)CC1. The molecule has 0 radical (unpaired) electrons. The molecule has 2 saturated carbocycles. The Morgan fingerprint density at radius 1 is 0.950 bits per heavy atom. The van der Waals surface area contributed by atoms with Crippen molar-refractivity contribution in [2.75, 3.05) is 13.1 Å². The van der Waals surface area contributed by atoms with Crippen molar-refractivity contribution in [3.05, 3.63) is 0 Å². The number of amides is 1. The molecule has 112 valence electrons. The molecule has 0 aromatic rings. The Hall–Kier alpha value is -1.10. The Morgan fingerprint density at radius 3 is 2.20 bits per heavy atom. The average Bonchev–Trinajstić information content (AvgIpc) is 3.20. The smallest absolute Gasteiger partial charge is 0.306 e. The van der Waals surface area contributed by atoms with Gasteiger partial charge in [0.05, 0.1) is 5.92 Å². The third-order valence-corrected chi connectivity index (χ3v) is 5.08. The van der Waals surface area contributed by atoms with Gasteiger partial charge in [0.15, 0.2) is 0 Å². The summed E-state index contributed by atoms with van der Waals surface area (Å²) in [7, 11) is 0. The maximum absolute atomic E-state index is 12.2. The lowest BCUT2D eigenvalue weighted by Crippen LogP contribution is -2.42. The highest BCUT2D eigenvalue weighted by Gasteiger charge is 2.36. The molecular formula is C15H24N2O3. The molecular weight excluding hydrogens is 256 g/mol. The van der Waals surface area contributed by atoms with Gasteiger partial charge >= 0.3 is 5.97 Å². The Labute approximate surface area is 119 Å². The van der Waals surface area contributed by atoms with Gasteiger partial charge < -0.3 is 10.4 Å². The summed E-state index contributed by atoms with van der Waals surface area (Å²) in [5, 5.41) is 12.2. The highest BCUT2D eigenvalue weighted by molar-refractivity contribution is 5.79.